The summed E-state index contributed by atoms with van der Waals surface area (Å²) < 4.78 is 52.9. The van der Waals surface area contributed by atoms with Gasteiger partial charge < -0.3 is 23.8 Å². The van der Waals surface area contributed by atoms with Crippen molar-refractivity contribution in [2.24, 2.45) is 0 Å². The van der Waals surface area contributed by atoms with Crippen molar-refractivity contribution in [3.63, 3.8) is 0 Å². The molecule has 0 radical (unpaired) electrons. The van der Waals surface area contributed by atoms with Crippen LogP contribution >= 0.6 is 0 Å². The number of fused-ring (bicyclic) bond motifs is 2. The van der Waals surface area contributed by atoms with Gasteiger partial charge in [0.1, 0.15) is 41.1 Å². The van der Waals surface area contributed by atoms with E-state index in [4.69, 9.17) is 4.74 Å². The molecule has 12 nitrogen and oxygen atoms in total. The first-order valence-electron chi connectivity index (χ1n) is 18.5. The molecule has 0 unspecified atom stereocenters. The van der Waals surface area contributed by atoms with E-state index in [1.54, 1.807) is 35.2 Å². The molecular weight excluding hydrogens is 725 g/mol. The zero-order valence-corrected chi connectivity index (χ0v) is 31.7. The zero-order valence-electron chi connectivity index (χ0n) is 31.7. The van der Waals surface area contributed by atoms with Gasteiger partial charge in [0, 0.05) is 55.7 Å². The molecule has 0 saturated heterocycles. The Labute approximate surface area is 321 Å². The molecule has 0 bridgehead atoms. The van der Waals surface area contributed by atoms with Crippen LogP contribution in [0.2, 0.25) is 0 Å². The second kappa shape index (κ2) is 16.1. The van der Waals surface area contributed by atoms with Crippen molar-refractivity contribution >= 4 is 22.6 Å². The van der Waals surface area contributed by atoms with E-state index in [0.717, 1.165) is 12.3 Å². The van der Waals surface area contributed by atoms with Crippen molar-refractivity contribution < 1.29 is 22.7 Å². The van der Waals surface area contributed by atoms with Gasteiger partial charge in [0.05, 0.1) is 17.3 Å². The molecule has 6 aromatic rings. The lowest BCUT2D eigenvalue weighted by molar-refractivity contribution is 0.0589. The minimum Gasteiger partial charge on any atom is -0.492 e. The Bertz CT molecular complexity index is 2520. The highest BCUT2D eigenvalue weighted by Crippen LogP contribution is 2.34. The lowest BCUT2D eigenvalue weighted by atomic mass is 9.89. The second-order valence-corrected chi connectivity index (χ2v) is 14.7. The highest BCUT2D eigenvalue weighted by atomic mass is 19.1. The minimum absolute atomic E-state index is 0.00200. The number of aromatic nitrogens is 5. The molecule has 4 heterocycles. The monoisotopic (exact) mass is 768 g/mol. The van der Waals surface area contributed by atoms with Crippen LogP contribution < -0.4 is 16.0 Å². The Kier molecular flexibility index (Phi) is 11.1. The molecule has 0 aliphatic heterocycles. The molecule has 0 N–H and O–H groups in total. The lowest BCUT2D eigenvalue weighted by Crippen LogP contribution is -2.48. The van der Waals surface area contributed by atoms with E-state index in [1.807, 2.05) is 38.0 Å². The molecule has 2 aromatic carbocycles. The Morgan fingerprint density at radius 1 is 0.839 bits per heavy atom. The average molecular weight is 769 g/mol. The molecule has 1 aliphatic rings. The van der Waals surface area contributed by atoms with Crippen molar-refractivity contribution in [2.45, 2.75) is 37.8 Å². The normalized spacial score (nSPS) is 15.9. The summed E-state index contributed by atoms with van der Waals surface area (Å²) in [7, 11) is 7.64. The molecule has 1 saturated carbocycles. The fraction of sp³-hybridized carbons (Fsp3) is 0.341. The summed E-state index contributed by atoms with van der Waals surface area (Å²) in [6.45, 7) is 1.92. The number of halogens is 3. The quantitative estimate of drug-likeness (QED) is 0.163. The number of carbonyl (C=O) groups is 1. The maximum absolute atomic E-state index is 14.7. The molecule has 4 aromatic heterocycles. The molecule has 56 heavy (non-hydrogen) atoms. The number of carbonyl (C=O) groups excluding carboxylic acids is 1. The van der Waals surface area contributed by atoms with Crippen molar-refractivity contribution in [3.05, 3.63) is 123 Å². The summed E-state index contributed by atoms with van der Waals surface area (Å²) in [6.07, 6.45) is 5.48. The van der Waals surface area contributed by atoms with E-state index in [1.165, 1.54) is 50.2 Å². The standard InChI is InChI=1S/C41H43F3N8O4/c1-47(2)16-17-50(40(54)35-25-49-24-28(43)9-15-37(49)46-35)30-10-12-31(13-11-30)52-39(53)34-21-29(44)23-45-38(34)51(41(52)55)32-7-5-6-26(20-32)33-14-8-27(42)22-36(33)56-19-18-48(3)4/h5-9,14-15,20-25,30-31H,10-13,16-19H2,1-4H3. The Morgan fingerprint density at radius 3 is 2.34 bits per heavy atom. The molecule has 1 fully saturated rings. The summed E-state index contributed by atoms with van der Waals surface area (Å²) >= 11 is 0. The number of ether oxygens (including phenoxy) is 1. The van der Waals surface area contributed by atoms with Crippen molar-refractivity contribution in [2.75, 3.05) is 54.4 Å². The van der Waals surface area contributed by atoms with E-state index in [-0.39, 0.29) is 28.7 Å². The molecule has 7 rings (SSSR count). The minimum atomic E-state index is -0.723. The second-order valence-electron chi connectivity index (χ2n) is 14.7. The van der Waals surface area contributed by atoms with E-state index >= 15 is 0 Å². The first-order valence-corrected chi connectivity index (χ1v) is 18.5. The van der Waals surface area contributed by atoms with Gasteiger partial charge in [0.2, 0.25) is 0 Å². The number of imidazole rings is 1. The van der Waals surface area contributed by atoms with Crippen LogP contribution in [0.15, 0.2) is 88.8 Å². The third-order valence-corrected chi connectivity index (χ3v) is 10.2. The Balaban J connectivity index is 1.22. The number of rotatable bonds is 12. The van der Waals surface area contributed by atoms with Gasteiger partial charge >= 0.3 is 5.69 Å². The first kappa shape index (κ1) is 38.5. The van der Waals surface area contributed by atoms with Crippen LogP contribution in [0, 0.1) is 17.5 Å². The van der Waals surface area contributed by atoms with Crippen LogP contribution in [0.5, 0.6) is 5.75 Å². The number of likely N-dealkylation sites (N-methyl/N-ethyl adjacent to an activating group) is 2. The van der Waals surface area contributed by atoms with Crippen LogP contribution in [0.4, 0.5) is 13.2 Å². The predicted molar refractivity (Wildman–Crippen MR) is 207 cm³/mol. The summed E-state index contributed by atoms with van der Waals surface area (Å²) in [5.74, 6) is -1.60. The van der Waals surface area contributed by atoms with Gasteiger partial charge in [-0.25, -0.2) is 32.5 Å². The van der Waals surface area contributed by atoms with Crippen LogP contribution in [0.3, 0.4) is 0 Å². The molecule has 1 aliphatic carbocycles. The van der Waals surface area contributed by atoms with Crippen molar-refractivity contribution in [1.82, 2.24) is 38.2 Å². The van der Waals surface area contributed by atoms with Crippen LogP contribution in [-0.4, -0.2) is 105 Å². The largest absolute Gasteiger partial charge is 0.492 e. The van der Waals surface area contributed by atoms with E-state index in [2.05, 4.69) is 9.97 Å². The number of amides is 1. The predicted octanol–water partition coefficient (Wildman–Crippen LogP) is 5.41. The van der Waals surface area contributed by atoms with E-state index in [9.17, 15) is 27.6 Å². The smallest absolute Gasteiger partial charge is 0.337 e. The van der Waals surface area contributed by atoms with E-state index in [0.29, 0.717) is 80.1 Å². The molecular formula is C41H43F3N8O4. The Hall–Kier alpha value is -5.80. The van der Waals surface area contributed by atoms with Crippen LogP contribution in [0.1, 0.15) is 42.2 Å². The van der Waals surface area contributed by atoms with Gasteiger partial charge in [-0.15, -0.1) is 0 Å². The highest BCUT2D eigenvalue weighted by Gasteiger charge is 2.33. The van der Waals surface area contributed by atoms with Crippen LogP contribution in [0.25, 0.3) is 33.5 Å². The number of hydrogen-bond donors (Lipinski definition) is 0. The molecule has 0 spiro atoms. The molecule has 292 valence electrons. The molecule has 15 heteroatoms. The number of pyridine rings is 2. The summed E-state index contributed by atoms with van der Waals surface area (Å²) in [5, 5.41) is -0.0577. The third-order valence-electron chi connectivity index (χ3n) is 10.2. The van der Waals surface area contributed by atoms with Gasteiger partial charge in [-0.2, -0.15) is 0 Å². The fourth-order valence-electron chi connectivity index (χ4n) is 7.34. The number of nitrogens with zero attached hydrogens (tertiary/aromatic N) is 8. The van der Waals surface area contributed by atoms with Crippen molar-refractivity contribution in [1.29, 1.82) is 0 Å². The number of hydrogen-bond acceptors (Lipinski definition) is 8. The zero-order chi connectivity index (χ0) is 39.7. The fourth-order valence-corrected chi connectivity index (χ4v) is 7.34. The third kappa shape index (κ3) is 7.95. The van der Waals surface area contributed by atoms with Gasteiger partial charge in [-0.3, -0.25) is 14.2 Å². The topological polar surface area (TPSA) is 110 Å². The molecule has 0 atom stereocenters. The SMILES string of the molecule is CN(C)CCOc1cc(F)ccc1-c1cccc(-n2c(=O)n(C3CCC(N(CCN(C)C)C(=O)c4cn5cc(F)ccc5n4)CC3)c(=O)c3cc(F)cnc32)c1. The first-order chi connectivity index (χ1) is 26.9. The maximum Gasteiger partial charge on any atom is 0.337 e. The van der Waals surface area contributed by atoms with Gasteiger partial charge in [-0.1, -0.05) is 12.1 Å². The van der Waals surface area contributed by atoms with Gasteiger partial charge in [-0.05, 0) is 102 Å². The van der Waals surface area contributed by atoms with Gasteiger partial charge in [0.25, 0.3) is 11.5 Å². The summed E-state index contributed by atoms with van der Waals surface area (Å²) in [6, 6.07) is 14.3. The lowest BCUT2D eigenvalue weighted by Gasteiger charge is -2.37. The average Bonchev–Trinajstić information content (AvgIpc) is 3.59. The van der Waals surface area contributed by atoms with Crippen molar-refractivity contribution in [3.8, 4) is 22.6 Å². The van der Waals surface area contributed by atoms with Gasteiger partial charge in [0.15, 0.2) is 5.65 Å². The highest BCUT2D eigenvalue weighted by molar-refractivity contribution is 5.93. The summed E-state index contributed by atoms with van der Waals surface area (Å²) in [4.78, 5) is 56.9. The Morgan fingerprint density at radius 2 is 1.59 bits per heavy atom. The van der Waals surface area contributed by atoms with Crippen LogP contribution in [-0.2, 0) is 0 Å². The summed E-state index contributed by atoms with van der Waals surface area (Å²) in [5.41, 5.74) is 0.936. The number of benzene rings is 2. The molecule has 1 amide bonds. The maximum atomic E-state index is 14.7. The van der Waals surface area contributed by atoms with E-state index < -0.39 is 34.7 Å².